The van der Waals surface area contributed by atoms with Crippen LogP contribution >= 0.6 is 11.6 Å². The molecule has 0 unspecified atom stereocenters. The Balaban J connectivity index is 2.48. The van der Waals surface area contributed by atoms with Crippen LogP contribution in [0.5, 0.6) is 0 Å². The van der Waals surface area contributed by atoms with E-state index in [0.29, 0.717) is 19.1 Å². The van der Waals surface area contributed by atoms with E-state index in [9.17, 15) is 9.59 Å². The van der Waals surface area contributed by atoms with E-state index in [4.69, 9.17) is 16.3 Å². The normalized spacial score (nSPS) is 15.5. The molecule has 1 aliphatic carbocycles. The second kappa shape index (κ2) is 6.86. The highest BCUT2D eigenvalue weighted by Gasteiger charge is 2.36. The van der Waals surface area contributed by atoms with E-state index in [-0.39, 0.29) is 17.2 Å². The summed E-state index contributed by atoms with van der Waals surface area (Å²) in [6, 6.07) is 0.317. The fourth-order valence-electron chi connectivity index (χ4n) is 2.03. The van der Waals surface area contributed by atoms with Crippen molar-refractivity contribution in [1.82, 2.24) is 10.2 Å². The zero-order chi connectivity index (χ0) is 16.3. The quantitative estimate of drug-likeness (QED) is 0.766. The van der Waals surface area contributed by atoms with Gasteiger partial charge in [0, 0.05) is 19.1 Å². The Kier molecular flexibility index (Phi) is 5.91. The van der Waals surface area contributed by atoms with E-state index in [1.165, 1.54) is 0 Å². The van der Waals surface area contributed by atoms with Gasteiger partial charge in [0.1, 0.15) is 11.5 Å². The lowest BCUT2D eigenvalue weighted by atomic mass is 9.92. The van der Waals surface area contributed by atoms with Crippen LogP contribution in [0.2, 0.25) is 0 Å². The highest BCUT2D eigenvalue weighted by Crippen LogP contribution is 2.30. The van der Waals surface area contributed by atoms with Crippen molar-refractivity contribution in [3.05, 3.63) is 0 Å². The molecule has 0 aliphatic heterocycles. The van der Waals surface area contributed by atoms with Crippen molar-refractivity contribution in [2.45, 2.75) is 59.1 Å². The first-order valence-corrected chi connectivity index (χ1v) is 7.90. The predicted octanol–water partition coefficient (Wildman–Crippen LogP) is 2.77. The predicted molar refractivity (Wildman–Crippen MR) is 83.5 cm³/mol. The third-order valence-corrected chi connectivity index (χ3v) is 3.36. The van der Waals surface area contributed by atoms with E-state index >= 15 is 0 Å². The fraction of sp³-hybridized carbons (Fsp3) is 0.867. The van der Waals surface area contributed by atoms with Crippen LogP contribution in [0, 0.1) is 5.41 Å². The lowest BCUT2D eigenvalue weighted by Gasteiger charge is -2.33. The molecule has 0 radical (unpaired) electrons. The van der Waals surface area contributed by atoms with Gasteiger partial charge in [-0.3, -0.25) is 4.79 Å². The summed E-state index contributed by atoms with van der Waals surface area (Å²) in [7, 11) is 0. The van der Waals surface area contributed by atoms with Gasteiger partial charge in [0.25, 0.3) is 0 Å². The number of alkyl carbamates (subject to hydrolysis) is 1. The number of carbonyl (C=O) groups excluding carboxylic acids is 2. The van der Waals surface area contributed by atoms with Crippen molar-refractivity contribution in [3.63, 3.8) is 0 Å². The standard InChI is InChI=1S/C15H27ClN2O3/c1-14(2,3)21-13(20)17-9-15(4,5)10-18(11-6-7-11)12(19)8-16/h11H,6-10H2,1-5H3,(H,17,20). The highest BCUT2D eigenvalue weighted by atomic mass is 35.5. The maximum atomic E-state index is 11.9. The molecule has 6 heteroatoms. The molecule has 1 saturated carbocycles. The molecule has 1 rings (SSSR count). The largest absolute Gasteiger partial charge is 0.444 e. The number of hydrogen-bond donors (Lipinski definition) is 1. The van der Waals surface area contributed by atoms with E-state index in [2.05, 4.69) is 5.32 Å². The Morgan fingerprint density at radius 2 is 1.81 bits per heavy atom. The van der Waals surface area contributed by atoms with Crippen molar-refractivity contribution in [2.75, 3.05) is 19.0 Å². The number of carbonyl (C=O) groups is 2. The summed E-state index contributed by atoms with van der Waals surface area (Å²) in [6.07, 6.45) is 1.65. The van der Waals surface area contributed by atoms with Crippen molar-refractivity contribution in [3.8, 4) is 0 Å². The first-order valence-electron chi connectivity index (χ1n) is 7.36. The molecule has 1 N–H and O–H groups in total. The number of nitrogens with zero attached hydrogens (tertiary/aromatic N) is 1. The van der Waals surface area contributed by atoms with E-state index in [1.54, 1.807) is 0 Å². The average molecular weight is 319 g/mol. The summed E-state index contributed by atoms with van der Waals surface area (Å²) in [5.41, 5.74) is -0.746. The molecule has 0 spiro atoms. The van der Waals surface area contributed by atoms with Gasteiger partial charge in [-0.1, -0.05) is 13.8 Å². The summed E-state index contributed by atoms with van der Waals surface area (Å²) in [5.74, 6) is -0.0315. The van der Waals surface area contributed by atoms with Gasteiger partial charge < -0.3 is 15.0 Å². The number of ether oxygens (including phenoxy) is 1. The SMILES string of the molecule is CC(C)(CNC(=O)OC(C)(C)C)CN(C(=O)CCl)C1CC1. The fourth-order valence-corrected chi connectivity index (χ4v) is 2.18. The molecule has 0 heterocycles. The van der Waals surface area contributed by atoms with Crippen LogP contribution in [0.1, 0.15) is 47.5 Å². The van der Waals surface area contributed by atoms with Crippen LogP contribution in [0.4, 0.5) is 4.79 Å². The van der Waals surface area contributed by atoms with Crippen LogP contribution in [0.3, 0.4) is 0 Å². The lowest BCUT2D eigenvalue weighted by Crippen LogP contribution is -2.46. The zero-order valence-corrected chi connectivity index (χ0v) is 14.4. The lowest BCUT2D eigenvalue weighted by molar-refractivity contribution is -0.130. The Bertz CT molecular complexity index is 387. The number of alkyl halides is 1. The number of hydrogen-bond acceptors (Lipinski definition) is 3. The van der Waals surface area contributed by atoms with Gasteiger partial charge in [0.05, 0.1) is 0 Å². The average Bonchev–Trinajstić information content (AvgIpc) is 3.15. The van der Waals surface area contributed by atoms with Gasteiger partial charge >= 0.3 is 6.09 Å². The monoisotopic (exact) mass is 318 g/mol. The first kappa shape index (κ1) is 18.1. The summed E-state index contributed by atoms with van der Waals surface area (Å²) in [5, 5.41) is 2.77. The number of halogens is 1. The van der Waals surface area contributed by atoms with Crippen molar-refractivity contribution >= 4 is 23.6 Å². The molecule has 122 valence electrons. The summed E-state index contributed by atoms with van der Waals surface area (Å²) >= 11 is 5.67. The molecule has 1 aliphatic rings. The topological polar surface area (TPSA) is 58.6 Å². The van der Waals surface area contributed by atoms with Gasteiger partial charge in [0.15, 0.2) is 0 Å². The number of rotatable bonds is 6. The third-order valence-electron chi connectivity index (χ3n) is 3.13. The van der Waals surface area contributed by atoms with Gasteiger partial charge in [-0.15, -0.1) is 11.6 Å². The van der Waals surface area contributed by atoms with Gasteiger partial charge in [0.2, 0.25) is 5.91 Å². The van der Waals surface area contributed by atoms with E-state index in [1.807, 2.05) is 39.5 Å². The number of amides is 2. The maximum absolute atomic E-state index is 11.9. The number of nitrogens with one attached hydrogen (secondary N) is 1. The molecule has 0 atom stereocenters. The molecule has 1 fully saturated rings. The van der Waals surface area contributed by atoms with Crippen LogP contribution in [-0.4, -0.2) is 47.5 Å². The first-order chi connectivity index (χ1) is 9.54. The molecule has 0 bridgehead atoms. The Hall–Kier alpha value is -0.970. The van der Waals surface area contributed by atoms with Crippen molar-refractivity contribution in [2.24, 2.45) is 5.41 Å². The maximum Gasteiger partial charge on any atom is 0.407 e. The molecule has 21 heavy (non-hydrogen) atoms. The molecular formula is C15H27ClN2O3. The molecule has 5 nitrogen and oxygen atoms in total. The summed E-state index contributed by atoms with van der Waals surface area (Å²) < 4.78 is 5.21. The van der Waals surface area contributed by atoms with Crippen molar-refractivity contribution < 1.29 is 14.3 Å². The molecule has 0 aromatic heterocycles. The Morgan fingerprint density at radius 1 is 1.24 bits per heavy atom. The van der Waals surface area contributed by atoms with Crippen LogP contribution < -0.4 is 5.32 Å². The molecule has 0 saturated heterocycles. The third kappa shape index (κ3) is 7.02. The van der Waals surface area contributed by atoms with Crippen LogP contribution in [-0.2, 0) is 9.53 Å². The summed E-state index contributed by atoms with van der Waals surface area (Å²) in [6.45, 7) is 10.5. The van der Waals surface area contributed by atoms with Crippen LogP contribution in [0.15, 0.2) is 0 Å². The van der Waals surface area contributed by atoms with Gasteiger partial charge in [-0.05, 0) is 39.0 Å². The molecule has 0 aromatic carbocycles. The van der Waals surface area contributed by atoms with Gasteiger partial charge in [-0.2, -0.15) is 0 Å². The van der Waals surface area contributed by atoms with E-state index in [0.717, 1.165) is 12.8 Å². The van der Waals surface area contributed by atoms with Crippen molar-refractivity contribution in [1.29, 1.82) is 0 Å². The smallest absolute Gasteiger partial charge is 0.407 e. The zero-order valence-electron chi connectivity index (χ0n) is 13.7. The second-order valence-electron chi connectivity index (χ2n) is 7.41. The molecule has 0 aromatic rings. The van der Waals surface area contributed by atoms with Crippen LogP contribution in [0.25, 0.3) is 0 Å². The van der Waals surface area contributed by atoms with E-state index < -0.39 is 11.7 Å². The summed E-state index contributed by atoms with van der Waals surface area (Å²) in [4.78, 5) is 25.4. The second-order valence-corrected chi connectivity index (χ2v) is 7.67. The Morgan fingerprint density at radius 3 is 2.24 bits per heavy atom. The highest BCUT2D eigenvalue weighted by molar-refractivity contribution is 6.27. The van der Waals surface area contributed by atoms with Gasteiger partial charge in [-0.25, -0.2) is 4.79 Å². The minimum absolute atomic E-state index is 0.00603. The minimum atomic E-state index is -0.511. The molecular weight excluding hydrogens is 292 g/mol. The molecule has 2 amide bonds. The minimum Gasteiger partial charge on any atom is -0.444 e. The Labute approximate surface area is 132 Å².